The van der Waals surface area contributed by atoms with Gasteiger partial charge in [0.05, 0.1) is 45.2 Å². The Hall–Kier alpha value is -4.10. The van der Waals surface area contributed by atoms with E-state index in [1.807, 2.05) is 77.7 Å². The van der Waals surface area contributed by atoms with Crippen molar-refractivity contribution >= 4 is 16.5 Å². The molecule has 1 aromatic heterocycles. The molecule has 2 fully saturated rings. The number of hydrogen-bond donors (Lipinski definition) is 0. The fourth-order valence-corrected chi connectivity index (χ4v) is 8.15. The van der Waals surface area contributed by atoms with E-state index in [1.54, 1.807) is 0 Å². The Kier molecular flexibility index (Phi) is 13.1. The van der Waals surface area contributed by atoms with Gasteiger partial charge in [-0.3, -0.25) is 4.90 Å². The third kappa shape index (κ3) is 10.3. The standard InChI is InChI=1S/C43H46F3N3O4S/c44-43(45,46)39-31-54-42(47-39)48-22-21-36(23-48)24-49-25-38(51-27-33-15-7-2-8-16-33)41(53-29-35-19-11-4-12-20-35)40(52-28-34-17-9-3-10-18-34)37(49)30-50-26-32-13-5-1-6-14-32/h1-20,31,36-38,40-41H,21-30H2/t36-,37+,38+,40-,41-/m1/s1. The number of halogens is 3. The van der Waals surface area contributed by atoms with Crippen LogP contribution >= 0.6 is 11.3 Å². The normalized spacial score (nSPS) is 22.1. The first kappa shape index (κ1) is 38.2. The number of hydrogen-bond acceptors (Lipinski definition) is 8. The Labute approximate surface area is 319 Å². The van der Waals surface area contributed by atoms with Crippen LogP contribution in [0.5, 0.6) is 0 Å². The van der Waals surface area contributed by atoms with Gasteiger partial charge in [0.25, 0.3) is 0 Å². The summed E-state index contributed by atoms with van der Waals surface area (Å²) in [7, 11) is 0. The highest BCUT2D eigenvalue weighted by atomic mass is 32.1. The highest BCUT2D eigenvalue weighted by molar-refractivity contribution is 7.13. The molecule has 5 aromatic rings. The van der Waals surface area contributed by atoms with Gasteiger partial charge in [0.2, 0.25) is 0 Å². The third-order valence-corrected chi connectivity index (χ3v) is 11.0. The molecular formula is C43H46F3N3O4S. The predicted molar refractivity (Wildman–Crippen MR) is 204 cm³/mol. The van der Waals surface area contributed by atoms with Gasteiger partial charge >= 0.3 is 6.18 Å². The van der Waals surface area contributed by atoms with Crippen molar-refractivity contribution in [2.45, 2.75) is 63.4 Å². The second-order valence-corrected chi connectivity index (χ2v) is 14.8. The van der Waals surface area contributed by atoms with Crippen molar-refractivity contribution in [1.29, 1.82) is 0 Å². The van der Waals surface area contributed by atoms with Gasteiger partial charge in [0.1, 0.15) is 12.2 Å². The van der Waals surface area contributed by atoms with E-state index in [0.29, 0.717) is 64.3 Å². The summed E-state index contributed by atoms with van der Waals surface area (Å²) in [6.45, 7) is 4.54. The van der Waals surface area contributed by atoms with E-state index >= 15 is 0 Å². The molecule has 0 N–H and O–H groups in total. The van der Waals surface area contributed by atoms with Crippen LogP contribution < -0.4 is 4.90 Å². The number of benzene rings is 4. The molecule has 0 amide bonds. The fraction of sp³-hybridized carbons (Fsp3) is 0.372. The average molecular weight is 758 g/mol. The molecule has 284 valence electrons. The van der Waals surface area contributed by atoms with Crippen molar-refractivity contribution < 1.29 is 32.1 Å². The summed E-state index contributed by atoms with van der Waals surface area (Å²) < 4.78 is 67.3. The second kappa shape index (κ2) is 18.5. The fourth-order valence-electron chi connectivity index (χ4n) is 7.28. The highest BCUT2D eigenvalue weighted by Crippen LogP contribution is 2.36. The summed E-state index contributed by atoms with van der Waals surface area (Å²) >= 11 is 1.05. The smallest absolute Gasteiger partial charge is 0.375 e. The average Bonchev–Trinajstić information content (AvgIpc) is 3.89. The topological polar surface area (TPSA) is 56.3 Å². The number of ether oxygens (including phenoxy) is 4. The Balaban J connectivity index is 1.17. The maximum Gasteiger partial charge on any atom is 0.434 e. The number of alkyl halides is 3. The molecule has 2 aliphatic rings. The lowest BCUT2D eigenvalue weighted by atomic mass is 9.91. The Morgan fingerprint density at radius 1 is 0.648 bits per heavy atom. The zero-order valence-corrected chi connectivity index (χ0v) is 30.9. The lowest BCUT2D eigenvalue weighted by molar-refractivity contribution is -0.211. The van der Waals surface area contributed by atoms with Crippen molar-refractivity contribution in [3.8, 4) is 0 Å². The zero-order chi connectivity index (χ0) is 37.2. The monoisotopic (exact) mass is 757 g/mol. The molecule has 0 saturated carbocycles. The number of rotatable bonds is 16. The van der Waals surface area contributed by atoms with Crippen molar-refractivity contribution in [3.63, 3.8) is 0 Å². The van der Waals surface area contributed by atoms with Gasteiger partial charge in [-0.05, 0) is 34.6 Å². The molecule has 54 heavy (non-hydrogen) atoms. The summed E-state index contributed by atoms with van der Waals surface area (Å²) in [5.41, 5.74) is 3.42. The quantitative estimate of drug-likeness (QED) is 0.1000. The Morgan fingerprint density at radius 2 is 1.17 bits per heavy atom. The molecule has 2 aliphatic heterocycles. The number of likely N-dealkylation sites (tertiary alicyclic amines) is 1. The van der Waals surface area contributed by atoms with Gasteiger partial charge in [-0.25, -0.2) is 4.98 Å². The van der Waals surface area contributed by atoms with E-state index in [-0.39, 0.29) is 18.1 Å². The van der Waals surface area contributed by atoms with E-state index in [1.165, 1.54) is 0 Å². The molecule has 0 aliphatic carbocycles. The van der Waals surface area contributed by atoms with Crippen molar-refractivity contribution in [3.05, 3.63) is 155 Å². The number of anilines is 1. The number of nitrogens with zero attached hydrogens (tertiary/aromatic N) is 3. The first-order valence-electron chi connectivity index (χ1n) is 18.5. The minimum absolute atomic E-state index is 0.186. The molecule has 7 rings (SSSR count). The van der Waals surface area contributed by atoms with Crippen molar-refractivity contribution in [1.82, 2.24) is 9.88 Å². The Bertz CT molecular complexity index is 1830. The molecular weight excluding hydrogens is 712 g/mol. The molecule has 11 heteroatoms. The number of piperidine rings is 1. The summed E-state index contributed by atoms with van der Waals surface area (Å²) in [5, 5.41) is 1.51. The highest BCUT2D eigenvalue weighted by Gasteiger charge is 2.47. The van der Waals surface area contributed by atoms with E-state index in [2.05, 4.69) is 58.4 Å². The van der Waals surface area contributed by atoms with Crippen molar-refractivity contribution in [2.24, 2.45) is 5.92 Å². The second-order valence-electron chi connectivity index (χ2n) is 14.0. The first-order chi connectivity index (χ1) is 26.4. The number of thiazole rings is 1. The predicted octanol–water partition coefficient (Wildman–Crippen LogP) is 8.65. The first-order valence-corrected chi connectivity index (χ1v) is 19.4. The molecule has 2 saturated heterocycles. The van der Waals surface area contributed by atoms with Crippen LogP contribution in [0.15, 0.2) is 127 Å². The van der Waals surface area contributed by atoms with Crippen LogP contribution in [0.1, 0.15) is 34.4 Å². The van der Waals surface area contributed by atoms with Crippen LogP contribution in [0.3, 0.4) is 0 Å². The van der Waals surface area contributed by atoms with Crippen LogP contribution in [-0.4, -0.2) is 67.0 Å². The SMILES string of the molecule is FC(F)(F)c1csc(N2CC[C@@H](CN3C[C@H](OCc4ccccc4)[C@@H](OCc4ccccc4)[C@H](OCc4ccccc4)[C@@H]3COCc3ccccc3)C2)n1. The summed E-state index contributed by atoms with van der Waals surface area (Å²) in [6.07, 6.45) is -4.82. The minimum Gasteiger partial charge on any atom is -0.375 e. The molecule has 0 spiro atoms. The maximum atomic E-state index is 13.4. The van der Waals surface area contributed by atoms with Gasteiger partial charge in [-0.15, -0.1) is 11.3 Å². The molecule has 0 unspecified atom stereocenters. The van der Waals surface area contributed by atoms with Crippen molar-refractivity contribution in [2.75, 3.05) is 37.7 Å². The van der Waals surface area contributed by atoms with E-state index in [4.69, 9.17) is 18.9 Å². The molecule has 3 heterocycles. The van der Waals surface area contributed by atoms with Gasteiger partial charge in [-0.2, -0.15) is 13.2 Å². The molecule has 0 radical (unpaired) electrons. The van der Waals surface area contributed by atoms with Gasteiger partial charge in [0, 0.05) is 31.6 Å². The lowest BCUT2D eigenvalue weighted by Crippen LogP contribution is -2.65. The van der Waals surface area contributed by atoms with Crippen LogP contribution in [0.25, 0.3) is 0 Å². The van der Waals surface area contributed by atoms with Gasteiger partial charge in [0.15, 0.2) is 10.8 Å². The molecule has 5 atom stereocenters. The number of aromatic nitrogens is 1. The van der Waals surface area contributed by atoms with Crippen LogP contribution in [0.4, 0.5) is 18.3 Å². The van der Waals surface area contributed by atoms with Crippen LogP contribution in [0.2, 0.25) is 0 Å². The van der Waals surface area contributed by atoms with E-state index < -0.39 is 24.1 Å². The molecule has 4 aromatic carbocycles. The van der Waals surface area contributed by atoms with Gasteiger partial charge < -0.3 is 23.8 Å². The Morgan fingerprint density at radius 3 is 1.70 bits per heavy atom. The summed E-state index contributed by atoms with van der Waals surface area (Å²) in [5.74, 6) is 0.186. The van der Waals surface area contributed by atoms with E-state index in [9.17, 15) is 13.2 Å². The van der Waals surface area contributed by atoms with E-state index in [0.717, 1.165) is 45.4 Å². The molecule has 0 bridgehead atoms. The lowest BCUT2D eigenvalue weighted by Gasteiger charge is -2.49. The van der Waals surface area contributed by atoms with Crippen LogP contribution in [0, 0.1) is 5.92 Å². The van der Waals surface area contributed by atoms with Gasteiger partial charge in [-0.1, -0.05) is 121 Å². The minimum atomic E-state index is -4.46. The zero-order valence-electron chi connectivity index (χ0n) is 30.1. The largest absolute Gasteiger partial charge is 0.434 e. The molecule has 7 nitrogen and oxygen atoms in total. The maximum absolute atomic E-state index is 13.4. The third-order valence-electron chi connectivity index (χ3n) is 10.1. The summed E-state index contributed by atoms with van der Waals surface area (Å²) in [6, 6.07) is 40.3. The van der Waals surface area contributed by atoms with Crippen LogP contribution in [-0.2, 0) is 51.6 Å². The summed E-state index contributed by atoms with van der Waals surface area (Å²) in [4.78, 5) is 8.34.